The third-order valence-electron chi connectivity index (χ3n) is 3.04. The summed E-state index contributed by atoms with van der Waals surface area (Å²) in [5.41, 5.74) is 1.86. The molecule has 5 heteroatoms. The third-order valence-corrected chi connectivity index (χ3v) is 3.04. The zero-order valence-electron chi connectivity index (χ0n) is 11.9. The predicted octanol–water partition coefficient (Wildman–Crippen LogP) is 3.46. The van der Waals surface area contributed by atoms with Crippen LogP contribution in [0.15, 0.2) is 42.5 Å². The van der Waals surface area contributed by atoms with Crippen LogP contribution in [0.3, 0.4) is 0 Å². The summed E-state index contributed by atoms with van der Waals surface area (Å²) >= 11 is 0. The van der Waals surface area contributed by atoms with Gasteiger partial charge in [0.15, 0.2) is 0 Å². The molecular formula is C16H17FN2O2. The van der Waals surface area contributed by atoms with Crippen LogP contribution >= 0.6 is 0 Å². The van der Waals surface area contributed by atoms with Gasteiger partial charge in [0.05, 0.1) is 12.8 Å². The fourth-order valence-electron chi connectivity index (χ4n) is 1.84. The molecule has 2 N–H and O–H groups in total. The van der Waals surface area contributed by atoms with Gasteiger partial charge in [-0.25, -0.2) is 9.18 Å². The van der Waals surface area contributed by atoms with Gasteiger partial charge in [-0.05, 0) is 36.2 Å². The number of halogens is 1. The van der Waals surface area contributed by atoms with Crippen molar-refractivity contribution >= 4 is 11.7 Å². The standard InChI is InChI=1S/C16H17FN2O2/c1-11-7-8-12(9-13(11)17)10-18-16(20)19-14-5-3-4-6-15(14)21-2/h3-9H,10H2,1-2H3,(H2,18,19,20). The summed E-state index contributed by atoms with van der Waals surface area (Å²) in [4.78, 5) is 11.8. The average Bonchev–Trinajstić information content (AvgIpc) is 2.49. The van der Waals surface area contributed by atoms with Crippen molar-refractivity contribution in [2.24, 2.45) is 0 Å². The number of carbonyl (C=O) groups is 1. The van der Waals surface area contributed by atoms with Crippen LogP contribution in [0.1, 0.15) is 11.1 Å². The minimum absolute atomic E-state index is 0.248. The lowest BCUT2D eigenvalue weighted by molar-refractivity contribution is 0.251. The molecule has 21 heavy (non-hydrogen) atoms. The highest BCUT2D eigenvalue weighted by atomic mass is 19.1. The van der Waals surface area contributed by atoms with Gasteiger partial charge < -0.3 is 15.4 Å². The second-order valence-electron chi connectivity index (χ2n) is 4.59. The fraction of sp³-hybridized carbons (Fsp3) is 0.188. The van der Waals surface area contributed by atoms with Gasteiger partial charge in [-0.3, -0.25) is 0 Å². The number of rotatable bonds is 4. The Morgan fingerprint density at radius 2 is 2.00 bits per heavy atom. The van der Waals surface area contributed by atoms with Crippen molar-refractivity contribution in [1.82, 2.24) is 5.32 Å². The molecule has 0 saturated heterocycles. The molecule has 2 rings (SSSR count). The number of ether oxygens (including phenoxy) is 1. The van der Waals surface area contributed by atoms with Crippen molar-refractivity contribution in [1.29, 1.82) is 0 Å². The van der Waals surface area contributed by atoms with Crippen molar-refractivity contribution in [3.8, 4) is 5.75 Å². The van der Waals surface area contributed by atoms with Gasteiger partial charge in [-0.1, -0.05) is 24.3 Å². The Hall–Kier alpha value is -2.56. The number of benzene rings is 2. The molecule has 2 aromatic carbocycles. The number of hydrogen-bond donors (Lipinski definition) is 2. The molecule has 0 aliphatic carbocycles. The molecule has 0 aliphatic heterocycles. The van der Waals surface area contributed by atoms with Crippen LogP contribution in [0.4, 0.5) is 14.9 Å². The van der Waals surface area contributed by atoms with E-state index < -0.39 is 0 Å². The molecule has 0 fully saturated rings. The van der Waals surface area contributed by atoms with Crippen molar-refractivity contribution in [2.75, 3.05) is 12.4 Å². The molecule has 0 saturated carbocycles. The van der Waals surface area contributed by atoms with E-state index in [9.17, 15) is 9.18 Å². The lowest BCUT2D eigenvalue weighted by Gasteiger charge is -2.11. The van der Waals surface area contributed by atoms with Crippen molar-refractivity contribution in [2.45, 2.75) is 13.5 Å². The maximum absolute atomic E-state index is 13.4. The number of hydrogen-bond acceptors (Lipinski definition) is 2. The second kappa shape index (κ2) is 6.74. The molecule has 2 amide bonds. The van der Waals surface area contributed by atoms with Crippen LogP contribution in [-0.2, 0) is 6.54 Å². The summed E-state index contributed by atoms with van der Waals surface area (Å²) < 4.78 is 18.6. The average molecular weight is 288 g/mol. The summed E-state index contributed by atoms with van der Waals surface area (Å²) in [7, 11) is 1.54. The first-order chi connectivity index (χ1) is 10.1. The summed E-state index contributed by atoms with van der Waals surface area (Å²) in [5, 5.41) is 5.36. The molecule has 2 aromatic rings. The molecule has 0 atom stereocenters. The van der Waals surface area contributed by atoms with Crippen molar-refractivity contribution < 1.29 is 13.9 Å². The highest BCUT2D eigenvalue weighted by Gasteiger charge is 2.06. The molecule has 0 aliphatic rings. The molecule has 0 bridgehead atoms. The van der Waals surface area contributed by atoms with Crippen LogP contribution in [0.25, 0.3) is 0 Å². The number of methoxy groups -OCH3 is 1. The first-order valence-electron chi connectivity index (χ1n) is 6.53. The van der Waals surface area contributed by atoms with Gasteiger partial charge in [0, 0.05) is 6.54 Å². The van der Waals surface area contributed by atoms with E-state index in [1.807, 2.05) is 6.07 Å². The van der Waals surface area contributed by atoms with Gasteiger partial charge in [0.2, 0.25) is 0 Å². The monoisotopic (exact) mass is 288 g/mol. The van der Waals surface area contributed by atoms with E-state index in [1.54, 1.807) is 37.3 Å². The van der Waals surface area contributed by atoms with E-state index in [0.717, 1.165) is 0 Å². The maximum atomic E-state index is 13.4. The quantitative estimate of drug-likeness (QED) is 0.905. The van der Waals surface area contributed by atoms with Crippen LogP contribution in [0, 0.1) is 12.7 Å². The minimum atomic E-state index is -0.375. The van der Waals surface area contributed by atoms with Gasteiger partial charge in [-0.2, -0.15) is 0 Å². The number of amides is 2. The molecule has 0 spiro atoms. The number of nitrogens with one attached hydrogen (secondary N) is 2. The van der Waals surface area contributed by atoms with Crippen molar-refractivity contribution in [3.05, 3.63) is 59.4 Å². The van der Waals surface area contributed by atoms with E-state index in [1.165, 1.54) is 13.2 Å². The van der Waals surface area contributed by atoms with E-state index >= 15 is 0 Å². The summed E-state index contributed by atoms with van der Waals surface area (Å²) in [5.74, 6) is 0.300. The highest BCUT2D eigenvalue weighted by Crippen LogP contribution is 2.22. The Labute approximate surface area is 122 Å². The van der Waals surface area contributed by atoms with Gasteiger partial charge in [-0.15, -0.1) is 0 Å². The number of anilines is 1. The lowest BCUT2D eigenvalue weighted by Crippen LogP contribution is -2.28. The minimum Gasteiger partial charge on any atom is -0.495 e. The topological polar surface area (TPSA) is 50.4 Å². The van der Waals surface area contributed by atoms with Gasteiger partial charge in [0.1, 0.15) is 11.6 Å². The van der Waals surface area contributed by atoms with Gasteiger partial charge in [0.25, 0.3) is 0 Å². The molecule has 0 aromatic heterocycles. The number of para-hydroxylation sites is 2. The zero-order chi connectivity index (χ0) is 15.2. The Morgan fingerprint density at radius 3 is 2.71 bits per heavy atom. The Bertz CT molecular complexity index is 644. The first-order valence-corrected chi connectivity index (χ1v) is 6.53. The second-order valence-corrected chi connectivity index (χ2v) is 4.59. The summed E-state index contributed by atoms with van der Waals surface area (Å²) in [6.45, 7) is 1.94. The highest BCUT2D eigenvalue weighted by molar-refractivity contribution is 5.90. The largest absolute Gasteiger partial charge is 0.495 e. The lowest BCUT2D eigenvalue weighted by atomic mass is 10.1. The third kappa shape index (κ3) is 3.95. The molecule has 110 valence electrons. The fourth-order valence-corrected chi connectivity index (χ4v) is 1.84. The van der Waals surface area contributed by atoms with Crippen molar-refractivity contribution in [3.63, 3.8) is 0 Å². The molecular weight excluding hydrogens is 271 g/mol. The zero-order valence-corrected chi connectivity index (χ0v) is 11.9. The normalized spacial score (nSPS) is 10.0. The van der Waals surface area contributed by atoms with Crippen LogP contribution in [-0.4, -0.2) is 13.1 Å². The first kappa shape index (κ1) is 14.8. The Balaban J connectivity index is 1.94. The number of carbonyl (C=O) groups excluding carboxylic acids is 1. The Morgan fingerprint density at radius 1 is 1.24 bits per heavy atom. The Kier molecular flexibility index (Phi) is 4.77. The predicted molar refractivity (Wildman–Crippen MR) is 80.0 cm³/mol. The molecule has 0 heterocycles. The van der Waals surface area contributed by atoms with Crippen LogP contribution in [0.5, 0.6) is 5.75 Å². The van der Waals surface area contributed by atoms with Gasteiger partial charge >= 0.3 is 6.03 Å². The molecule has 0 radical (unpaired) electrons. The smallest absolute Gasteiger partial charge is 0.319 e. The number of aryl methyl sites for hydroxylation is 1. The van der Waals surface area contributed by atoms with Crippen LogP contribution < -0.4 is 15.4 Å². The van der Waals surface area contributed by atoms with E-state index in [0.29, 0.717) is 22.6 Å². The molecule has 4 nitrogen and oxygen atoms in total. The van der Waals surface area contributed by atoms with E-state index in [-0.39, 0.29) is 18.4 Å². The van der Waals surface area contributed by atoms with E-state index in [4.69, 9.17) is 4.74 Å². The SMILES string of the molecule is COc1ccccc1NC(=O)NCc1ccc(C)c(F)c1. The maximum Gasteiger partial charge on any atom is 0.319 e. The summed E-state index contributed by atoms with van der Waals surface area (Å²) in [6, 6.07) is 11.6. The number of urea groups is 1. The summed E-state index contributed by atoms with van der Waals surface area (Å²) in [6.07, 6.45) is 0. The van der Waals surface area contributed by atoms with Crippen LogP contribution in [0.2, 0.25) is 0 Å². The molecule has 0 unspecified atom stereocenters. The van der Waals surface area contributed by atoms with E-state index in [2.05, 4.69) is 10.6 Å².